The van der Waals surface area contributed by atoms with E-state index in [2.05, 4.69) is 58.8 Å². The summed E-state index contributed by atoms with van der Waals surface area (Å²) in [6.45, 7) is 3.76. The van der Waals surface area contributed by atoms with Crippen LogP contribution in [0.3, 0.4) is 0 Å². The Bertz CT molecular complexity index is 1040. The minimum atomic E-state index is 0.682. The Balaban J connectivity index is 1.47. The van der Waals surface area contributed by atoms with Crippen molar-refractivity contribution in [3.63, 3.8) is 0 Å². The van der Waals surface area contributed by atoms with E-state index in [0.29, 0.717) is 6.61 Å². The number of H-pyrrole nitrogens is 1. The van der Waals surface area contributed by atoms with E-state index < -0.39 is 0 Å². The van der Waals surface area contributed by atoms with Crippen LogP contribution in [0.4, 0.5) is 5.69 Å². The molecular weight excluding hydrogens is 358 g/mol. The molecule has 1 heterocycles. The van der Waals surface area contributed by atoms with Gasteiger partial charge >= 0.3 is 0 Å². The summed E-state index contributed by atoms with van der Waals surface area (Å²) in [6, 6.07) is 24.8. The maximum atomic E-state index is 6.16. The molecular formula is C25H27N3O. The number of aryl methyl sites for hydroxylation is 1. The van der Waals surface area contributed by atoms with Crippen molar-refractivity contribution in [2.24, 2.45) is 0 Å². The minimum Gasteiger partial charge on any atom is -0.493 e. The Morgan fingerprint density at radius 3 is 2.45 bits per heavy atom. The van der Waals surface area contributed by atoms with Crippen molar-refractivity contribution >= 4 is 16.6 Å². The van der Waals surface area contributed by atoms with Gasteiger partial charge < -0.3 is 10.1 Å². The van der Waals surface area contributed by atoms with Gasteiger partial charge in [0, 0.05) is 28.7 Å². The van der Waals surface area contributed by atoms with Gasteiger partial charge in [0.05, 0.1) is 17.8 Å². The van der Waals surface area contributed by atoms with Gasteiger partial charge in [-0.15, -0.1) is 0 Å². The Labute approximate surface area is 171 Å². The summed E-state index contributed by atoms with van der Waals surface area (Å²) < 4.78 is 6.16. The molecule has 2 N–H and O–H groups in total. The summed E-state index contributed by atoms with van der Waals surface area (Å²) in [6.07, 6.45) is 2.97. The molecule has 4 aromatic rings. The third-order valence-corrected chi connectivity index (χ3v) is 5.03. The van der Waals surface area contributed by atoms with Crippen LogP contribution in [0.1, 0.15) is 25.3 Å². The molecule has 0 aliphatic carbocycles. The van der Waals surface area contributed by atoms with Gasteiger partial charge in [0.2, 0.25) is 0 Å². The van der Waals surface area contributed by atoms with Crippen molar-refractivity contribution in [3.8, 4) is 17.0 Å². The summed E-state index contributed by atoms with van der Waals surface area (Å²) in [4.78, 5) is 0. The number of rotatable bonds is 9. The standard InChI is InChI=1S/C25H27N3O/c1-2-10-21-23(29-18-9-17-26-20-13-7-4-8-14-20)16-15-22-24(27-28-25(21)22)19-11-5-3-6-12-19/h3-8,11-16,26H,2,9-10,17-18H2,1H3,(H,27,28). The van der Waals surface area contributed by atoms with Crippen molar-refractivity contribution in [2.45, 2.75) is 26.2 Å². The number of fused-ring (bicyclic) bond motifs is 1. The van der Waals surface area contributed by atoms with Crippen LogP contribution in [0.15, 0.2) is 72.8 Å². The quantitative estimate of drug-likeness (QED) is 0.344. The maximum Gasteiger partial charge on any atom is 0.124 e. The molecule has 0 bridgehead atoms. The van der Waals surface area contributed by atoms with Crippen LogP contribution in [0.2, 0.25) is 0 Å². The van der Waals surface area contributed by atoms with Gasteiger partial charge in [-0.1, -0.05) is 61.9 Å². The summed E-state index contributed by atoms with van der Waals surface area (Å²) >= 11 is 0. The topological polar surface area (TPSA) is 49.9 Å². The Morgan fingerprint density at radius 1 is 0.931 bits per heavy atom. The van der Waals surface area contributed by atoms with Crippen LogP contribution in [0.5, 0.6) is 5.75 Å². The smallest absolute Gasteiger partial charge is 0.124 e. The lowest BCUT2D eigenvalue weighted by atomic mass is 10.0. The fourth-order valence-electron chi connectivity index (χ4n) is 3.62. The van der Waals surface area contributed by atoms with E-state index >= 15 is 0 Å². The van der Waals surface area contributed by atoms with Gasteiger partial charge in [0.15, 0.2) is 0 Å². The van der Waals surface area contributed by atoms with Crippen molar-refractivity contribution in [1.29, 1.82) is 0 Å². The monoisotopic (exact) mass is 385 g/mol. The third-order valence-electron chi connectivity index (χ3n) is 5.03. The lowest BCUT2D eigenvalue weighted by molar-refractivity contribution is 0.312. The number of anilines is 1. The van der Waals surface area contributed by atoms with E-state index in [1.165, 1.54) is 5.56 Å². The normalized spacial score (nSPS) is 10.9. The third kappa shape index (κ3) is 4.43. The number of ether oxygens (including phenoxy) is 1. The highest BCUT2D eigenvalue weighted by Gasteiger charge is 2.14. The zero-order valence-corrected chi connectivity index (χ0v) is 16.8. The van der Waals surface area contributed by atoms with Crippen LogP contribution >= 0.6 is 0 Å². The maximum absolute atomic E-state index is 6.16. The number of hydrogen-bond donors (Lipinski definition) is 2. The molecule has 4 nitrogen and oxygen atoms in total. The Hall–Kier alpha value is -3.27. The second kappa shape index (κ2) is 9.28. The largest absolute Gasteiger partial charge is 0.493 e. The molecule has 0 aliphatic heterocycles. The summed E-state index contributed by atoms with van der Waals surface area (Å²) in [5, 5.41) is 12.4. The van der Waals surface area contributed by atoms with Crippen molar-refractivity contribution in [3.05, 3.63) is 78.4 Å². The molecule has 4 rings (SSSR count). The summed E-state index contributed by atoms with van der Waals surface area (Å²) in [7, 11) is 0. The van der Waals surface area contributed by atoms with Crippen LogP contribution in [0.25, 0.3) is 22.2 Å². The highest BCUT2D eigenvalue weighted by Crippen LogP contribution is 2.33. The first-order valence-corrected chi connectivity index (χ1v) is 10.3. The van der Waals surface area contributed by atoms with Gasteiger partial charge in [0.1, 0.15) is 5.75 Å². The molecule has 0 radical (unpaired) electrons. The molecule has 0 amide bonds. The molecule has 0 fully saturated rings. The van der Waals surface area contributed by atoms with Crippen LogP contribution in [-0.2, 0) is 6.42 Å². The van der Waals surface area contributed by atoms with Crippen molar-refractivity contribution < 1.29 is 4.74 Å². The number of benzene rings is 3. The number of nitrogens with one attached hydrogen (secondary N) is 2. The highest BCUT2D eigenvalue weighted by atomic mass is 16.5. The minimum absolute atomic E-state index is 0.682. The first kappa shape index (κ1) is 19.1. The summed E-state index contributed by atoms with van der Waals surface area (Å²) in [5.74, 6) is 0.960. The molecule has 1 aromatic heterocycles. The number of aromatic nitrogens is 2. The molecule has 0 unspecified atom stereocenters. The first-order valence-electron chi connectivity index (χ1n) is 10.3. The van der Waals surface area contributed by atoms with Crippen LogP contribution < -0.4 is 10.1 Å². The average molecular weight is 386 g/mol. The molecule has 0 spiro atoms. The molecule has 0 aliphatic rings. The predicted molar refractivity (Wildman–Crippen MR) is 121 cm³/mol. The Kier molecular flexibility index (Phi) is 6.10. The lowest BCUT2D eigenvalue weighted by Crippen LogP contribution is -2.08. The fourth-order valence-corrected chi connectivity index (χ4v) is 3.62. The number of hydrogen-bond acceptors (Lipinski definition) is 3. The first-order chi connectivity index (χ1) is 14.4. The van der Waals surface area contributed by atoms with Gasteiger partial charge in [-0.3, -0.25) is 5.10 Å². The molecule has 0 saturated heterocycles. The van der Waals surface area contributed by atoms with Gasteiger partial charge in [-0.25, -0.2) is 0 Å². The number of para-hydroxylation sites is 1. The van der Waals surface area contributed by atoms with E-state index in [9.17, 15) is 0 Å². The van der Waals surface area contributed by atoms with Gasteiger partial charge in [-0.2, -0.15) is 5.10 Å². The van der Waals surface area contributed by atoms with Crippen LogP contribution in [-0.4, -0.2) is 23.3 Å². The number of nitrogens with zero attached hydrogens (tertiary/aromatic N) is 1. The van der Waals surface area contributed by atoms with Crippen LogP contribution in [0, 0.1) is 0 Å². The SMILES string of the molecule is CCCc1c(OCCCNc2ccccc2)ccc2c(-c3ccccc3)n[nH]c12. The van der Waals surface area contributed by atoms with E-state index in [4.69, 9.17) is 4.74 Å². The van der Waals surface area contributed by atoms with Crippen molar-refractivity contribution in [2.75, 3.05) is 18.5 Å². The van der Waals surface area contributed by atoms with Gasteiger partial charge in [0.25, 0.3) is 0 Å². The average Bonchev–Trinajstić information content (AvgIpc) is 3.21. The second-order valence-electron chi connectivity index (χ2n) is 7.15. The summed E-state index contributed by atoms with van der Waals surface area (Å²) in [5.41, 5.74) is 5.58. The zero-order chi connectivity index (χ0) is 19.9. The molecule has 4 heteroatoms. The number of aromatic amines is 1. The highest BCUT2D eigenvalue weighted by molar-refractivity contribution is 5.95. The molecule has 148 valence electrons. The fraction of sp³-hybridized carbons (Fsp3) is 0.240. The van der Waals surface area contributed by atoms with E-state index in [-0.39, 0.29) is 0 Å². The zero-order valence-electron chi connectivity index (χ0n) is 16.8. The molecule has 3 aromatic carbocycles. The molecule has 0 saturated carbocycles. The van der Waals surface area contributed by atoms with E-state index in [1.807, 2.05) is 36.4 Å². The van der Waals surface area contributed by atoms with Gasteiger partial charge in [-0.05, 0) is 37.1 Å². The Morgan fingerprint density at radius 2 is 1.69 bits per heavy atom. The van der Waals surface area contributed by atoms with E-state index in [0.717, 1.165) is 59.4 Å². The second-order valence-corrected chi connectivity index (χ2v) is 7.15. The molecule has 29 heavy (non-hydrogen) atoms. The van der Waals surface area contributed by atoms with E-state index in [1.54, 1.807) is 0 Å². The van der Waals surface area contributed by atoms with Crippen molar-refractivity contribution in [1.82, 2.24) is 10.2 Å². The predicted octanol–water partition coefficient (Wildman–Crippen LogP) is 6.06. The molecule has 0 atom stereocenters. The lowest BCUT2D eigenvalue weighted by Gasteiger charge is -2.13.